The van der Waals surface area contributed by atoms with Crippen molar-refractivity contribution in [3.63, 3.8) is 0 Å². The van der Waals surface area contributed by atoms with Gasteiger partial charge in [0.1, 0.15) is 17.7 Å². The quantitative estimate of drug-likeness (QED) is 0.365. The van der Waals surface area contributed by atoms with E-state index < -0.39 is 29.3 Å². The Morgan fingerprint density at radius 1 is 1.05 bits per heavy atom. The van der Waals surface area contributed by atoms with E-state index in [1.54, 1.807) is 31.7 Å². The maximum atomic E-state index is 14.3. The monoisotopic (exact) mass is 515 g/mol. The molecule has 0 saturated carbocycles. The molecule has 4 unspecified atom stereocenters. The Morgan fingerprint density at radius 2 is 1.68 bits per heavy atom. The summed E-state index contributed by atoms with van der Waals surface area (Å²) >= 11 is 0. The molecule has 7 nitrogen and oxygen atoms in total. The van der Waals surface area contributed by atoms with Crippen molar-refractivity contribution in [1.82, 2.24) is 15.5 Å². The molecule has 37 heavy (non-hydrogen) atoms. The lowest BCUT2D eigenvalue weighted by Gasteiger charge is -2.44. The van der Waals surface area contributed by atoms with Gasteiger partial charge in [-0.2, -0.15) is 0 Å². The molecule has 0 radical (unpaired) electrons. The Morgan fingerprint density at radius 3 is 2.16 bits per heavy atom. The van der Waals surface area contributed by atoms with Gasteiger partial charge in [-0.25, -0.2) is 4.79 Å². The van der Waals surface area contributed by atoms with Crippen LogP contribution in [-0.4, -0.2) is 46.0 Å². The molecule has 0 fully saturated rings. The summed E-state index contributed by atoms with van der Waals surface area (Å²) in [6.45, 7) is 22.8. The van der Waals surface area contributed by atoms with E-state index in [2.05, 4.69) is 24.1 Å². The van der Waals surface area contributed by atoms with Gasteiger partial charge in [0.15, 0.2) is 0 Å². The van der Waals surface area contributed by atoms with Crippen LogP contribution in [0.4, 0.5) is 4.79 Å². The standard InChI is InChI=1S/C30H49N3O4/c1-12-16-21(5)31-26(34)25(23-18-15-17-22(14-3)19-23)33(29(6,7)8)27(35)24(20(4)13-2)32-28(36)37-30(9,10)11/h14-15,17-21,24-25H,3,12-13,16H2,1-2,4-11H3,(H,31,34)(H,32,36). The van der Waals surface area contributed by atoms with Crippen LogP contribution in [-0.2, 0) is 14.3 Å². The Balaban J connectivity index is 3.65. The number of rotatable bonds is 11. The van der Waals surface area contributed by atoms with Crippen LogP contribution in [0.15, 0.2) is 30.8 Å². The van der Waals surface area contributed by atoms with Gasteiger partial charge in [-0.3, -0.25) is 9.59 Å². The summed E-state index contributed by atoms with van der Waals surface area (Å²) in [7, 11) is 0. The number of benzene rings is 1. The number of nitrogens with zero attached hydrogens (tertiary/aromatic N) is 1. The lowest BCUT2D eigenvalue weighted by molar-refractivity contribution is -0.149. The molecule has 1 rings (SSSR count). The number of carbonyl (C=O) groups is 3. The maximum absolute atomic E-state index is 14.3. The van der Waals surface area contributed by atoms with Crippen molar-refractivity contribution in [2.45, 2.75) is 118 Å². The van der Waals surface area contributed by atoms with Gasteiger partial charge >= 0.3 is 6.09 Å². The van der Waals surface area contributed by atoms with Gasteiger partial charge in [0.05, 0.1) is 0 Å². The Kier molecular flexibility index (Phi) is 11.9. The molecule has 0 aliphatic carbocycles. The van der Waals surface area contributed by atoms with Crippen LogP contribution < -0.4 is 10.6 Å². The van der Waals surface area contributed by atoms with Gasteiger partial charge < -0.3 is 20.3 Å². The lowest BCUT2D eigenvalue weighted by atomic mass is 9.91. The summed E-state index contributed by atoms with van der Waals surface area (Å²) in [5, 5.41) is 5.91. The molecule has 208 valence electrons. The Labute approximate surface area is 224 Å². The van der Waals surface area contributed by atoms with Gasteiger partial charge in [-0.15, -0.1) is 0 Å². The van der Waals surface area contributed by atoms with Crippen molar-refractivity contribution >= 4 is 24.0 Å². The van der Waals surface area contributed by atoms with Gasteiger partial charge in [-0.05, 0) is 78.0 Å². The summed E-state index contributed by atoms with van der Waals surface area (Å²) in [6.07, 6.45) is 3.46. The van der Waals surface area contributed by atoms with E-state index in [0.29, 0.717) is 12.0 Å². The molecular weight excluding hydrogens is 466 g/mol. The number of hydrogen-bond donors (Lipinski definition) is 2. The van der Waals surface area contributed by atoms with E-state index in [0.717, 1.165) is 18.4 Å². The summed E-state index contributed by atoms with van der Waals surface area (Å²) in [6, 6.07) is 5.67. The Bertz CT molecular complexity index is 929. The normalized spacial score (nSPS) is 15.1. The van der Waals surface area contributed by atoms with Crippen LogP contribution in [0.1, 0.15) is 106 Å². The molecule has 0 aliphatic heterocycles. The van der Waals surface area contributed by atoms with Crippen LogP contribution in [0.2, 0.25) is 0 Å². The summed E-state index contributed by atoms with van der Waals surface area (Å²) in [5.41, 5.74) is 0.0869. The number of hydrogen-bond acceptors (Lipinski definition) is 4. The van der Waals surface area contributed by atoms with Crippen molar-refractivity contribution < 1.29 is 19.1 Å². The largest absolute Gasteiger partial charge is 0.444 e. The van der Waals surface area contributed by atoms with Crippen molar-refractivity contribution in [3.05, 3.63) is 42.0 Å². The van der Waals surface area contributed by atoms with E-state index in [-0.39, 0.29) is 23.8 Å². The summed E-state index contributed by atoms with van der Waals surface area (Å²) < 4.78 is 5.47. The molecule has 3 amide bonds. The first-order valence-electron chi connectivity index (χ1n) is 13.4. The molecule has 0 aromatic heterocycles. The first-order chi connectivity index (χ1) is 17.0. The lowest BCUT2D eigenvalue weighted by Crippen LogP contribution is -2.60. The van der Waals surface area contributed by atoms with E-state index in [4.69, 9.17) is 4.74 Å². The zero-order chi connectivity index (χ0) is 28.6. The molecule has 2 N–H and O–H groups in total. The molecule has 7 heteroatoms. The maximum Gasteiger partial charge on any atom is 0.408 e. The van der Waals surface area contributed by atoms with E-state index >= 15 is 0 Å². The second-order valence-electron chi connectivity index (χ2n) is 11.9. The number of alkyl carbamates (subject to hydrolysis) is 1. The predicted octanol–water partition coefficient (Wildman–Crippen LogP) is 6.24. The third kappa shape index (κ3) is 9.86. The van der Waals surface area contributed by atoms with Crippen molar-refractivity contribution in [2.75, 3.05) is 0 Å². The zero-order valence-corrected chi connectivity index (χ0v) is 24.6. The summed E-state index contributed by atoms with van der Waals surface area (Å²) in [5.74, 6) is -0.780. The highest BCUT2D eigenvalue weighted by Gasteiger charge is 2.43. The van der Waals surface area contributed by atoms with Crippen LogP contribution in [0.25, 0.3) is 6.08 Å². The van der Waals surface area contributed by atoms with Crippen LogP contribution >= 0.6 is 0 Å². The molecule has 1 aromatic carbocycles. The molecule has 0 saturated heterocycles. The fourth-order valence-corrected chi connectivity index (χ4v) is 4.21. The minimum atomic E-state index is -0.904. The molecule has 4 atom stereocenters. The van der Waals surface area contributed by atoms with Crippen molar-refractivity contribution in [1.29, 1.82) is 0 Å². The number of nitrogens with one attached hydrogen (secondary N) is 2. The molecular formula is C30H49N3O4. The molecule has 0 spiro atoms. The number of ether oxygens (including phenoxy) is 1. The van der Waals surface area contributed by atoms with Crippen molar-refractivity contribution in [3.8, 4) is 0 Å². The minimum absolute atomic E-state index is 0.0511. The highest BCUT2D eigenvalue weighted by molar-refractivity contribution is 5.93. The Hall–Kier alpha value is -2.83. The smallest absolute Gasteiger partial charge is 0.408 e. The fourth-order valence-electron chi connectivity index (χ4n) is 4.21. The van der Waals surface area contributed by atoms with Crippen LogP contribution in [0, 0.1) is 5.92 Å². The number of carbonyl (C=O) groups excluding carboxylic acids is 3. The summed E-state index contributed by atoms with van der Waals surface area (Å²) in [4.78, 5) is 42.5. The first-order valence-corrected chi connectivity index (χ1v) is 13.4. The van der Waals surface area contributed by atoms with E-state index in [1.807, 2.05) is 65.8 Å². The highest BCUT2D eigenvalue weighted by atomic mass is 16.6. The average molecular weight is 516 g/mol. The second-order valence-corrected chi connectivity index (χ2v) is 11.9. The van der Waals surface area contributed by atoms with E-state index in [1.165, 1.54) is 0 Å². The minimum Gasteiger partial charge on any atom is -0.444 e. The SMILES string of the molecule is C=Cc1cccc(C(C(=O)NC(C)CCC)N(C(=O)C(NC(=O)OC(C)(C)C)C(C)CC)C(C)(C)C)c1. The topological polar surface area (TPSA) is 87.7 Å². The van der Waals surface area contributed by atoms with Crippen LogP contribution in [0.3, 0.4) is 0 Å². The van der Waals surface area contributed by atoms with Crippen molar-refractivity contribution in [2.24, 2.45) is 5.92 Å². The van der Waals surface area contributed by atoms with Crippen LogP contribution in [0.5, 0.6) is 0 Å². The highest BCUT2D eigenvalue weighted by Crippen LogP contribution is 2.32. The van der Waals surface area contributed by atoms with Gasteiger partial charge in [0.25, 0.3) is 0 Å². The molecule has 0 aliphatic rings. The van der Waals surface area contributed by atoms with E-state index in [9.17, 15) is 14.4 Å². The van der Waals surface area contributed by atoms with Gasteiger partial charge in [-0.1, -0.05) is 64.5 Å². The van der Waals surface area contributed by atoms with Gasteiger partial charge in [0, 0.05) is 11.6 Å². The first kappa shape index (κ1) is 32.2. The third-order valence-corrected chi connectivity index (χ3v) is 6.19. The second kappa shape index (κ2) is 13.6. The molecule has 0 bridgehead atoms. The number of amides is 3. The molecule has 1 aromatic rings. The third-order valence-electron chi connectivity index (χ3n) is 6.19. The average Bonchev–Trinajstić information content (AvgIpc) is 2.78. The zero-order valence-electron chi connectivity index (χ0n) is 24.6. The van der Waals surface area contributed by atoms with Gasteiger partial charge in [0.2, 0.25) is 11.8 Å². The fraction of sp³-hybridized carbons (Fsp3) is 0.633. The predicted molar refractivity (Wildman–Crippen MR) is 151 cm³/mol. The molecule has 0 heterocycles.